The number of hydrogen-bond donors (Lipinski definition) is 3. The zero-order chi connectivity index (χ0) is 15.2. The maximum absolute atomic E-state index is 11.9. The van der Waals surface area contributed by atoms with Crippen LogP contribution in [0.15, 0.2) is 24.3 Å². The highest BCUT2D eigenvalue weighted by atomic mass is 19.4. The molecule has 4 nitrogen and oxygen atoms in total. The van der Waals surface area contributed by atoms with Gasteiger partial charge in [0.2, 0.25) is 0 Å². The summed E-state index contributed by atoms with van der Waals surface area (Å²) in [4.78, 5) is 11.5. The summed E-state index contributed by atoms with van der Waals surface area (Å²) < 4.78 is 35.7. The predicted molar refractivity (Wildman–Crippen MR) is 69.4 cm³/mol. The fraction of sp³-hybridized carbons (Fsp3) is 0.462. The van der Waals surface area contributed by atoms with Crippen LogP contribution in [0.3, 0.4) is 0 Å². The molecule has 0 fully saturated rings. The van der Waals surface area contributed by atoms with Gasteiger partial charge in [-0.15, -0.1) is 0 Å². The Morgan fingerprint density at radius 1 is 1.40 bits per heavy atom. The molecule has 0 heterocycles. The average Bonchev–Trinajstić information content (AvgIpc) is 2.34. The second-order valence-corrected chi connectivity index (χ2v) is 4.40. The minimum Gasteiger partial charge on any atom is -0.389 e. The smallest absolute Gasteiger partial charge is 0.389 e. The number of amides is 2. The Balaban J connectivity index is 2.37. The Bertz CT molecular complexity index is 447. The summed E-state index contributed by atoms with van der Waals surface area (Å²) in [6.45, 7) is 1.54. The molecule has 0 saturated carbocycles. The van der Waals surface area contributed by atoms with Gasteiger partial charge in [-0.1, -0.05) is 12.1 Å². The van der Waals surface area contributed by atoms with Gasteiger partial charge in [-0.05, 0) is 31.0 Å². The van der Waals surface area contributed by atoms with Crippen molar-refractivity contribution in [2.45, 2.75) is 32.0 Å². The van der Waals surface area contributed by atoms with Crippen molar-refractivity contribution in [3.63, 3.8) is 0 Å². The topological polar surface area (TPSA) is 61.4 Å². The van der Waals surface area contributed by atoms with E-state index >= 15 is 0 Å². The molecule has 20 heavy (non-hydrogen) atoms. The van der Waals surface area contributed by atoms with Crippen LogP contribution in [-0.4, -0.2) is 23.9 Å². The summed E-state index contributed by atoms with van der Waals surface area (Å²) in [5, 5.41) is 14.2. The largest absolute Gasteiger partial charge is 0.389 e. The number of urea groups is 1. The van der Waals surface area contributed by atoms with Crippen LogP contribution in [0.25, 0.3) is 0 Å². The highest BCUT2D eigenvalue weighted by molar-refractivity contribution is 5.89. The van der Waals surface area contributed by atoms with Gasteiger partial charge >= 0.3 is 12.2 Å². The van der Waals surface area contributed by atoms with Crippen molar-refractivity contribution in [2.24, 2.45) is 0 Å². The molecule has 0 aliphatic heterocycles. The number of halogens is 3. The van der Waals surface area contributed by atoms with Gasteiger partial charge < -0.3 is 15.7 Å². The molecule has 1 unspecified atom stereocenters. The molecule has 0 saturated heterocycles. The van der Waals surface area contributed by atoms with Crippen molar-refractivity contribution >= 4 is 11.7 Å². The van der Waals surface area contributed by atoms with Gasteiger partial charge in [0.25, 0.3) is 0 Å². The number of rotatable bonds is 5. The van der Waals surface area contributed by atoms with Crippen molar-refractivity contribution in [1.29, 1.82) is 0 Å². The number of alkyl halides is 3. The minimum atomic E-state index is -4.20. The summed E-state index contributed by atoms with van der Waals surface area (Å²) in [6, 6.07) is 6.02. The van der Waals surface area contributed by atoms with Gasteiger partial charge in [0.15, 0.2) is 0 Å². The van der Waals surface area contributed by atoms with Crippen molar-refractivity contribution < 1.29 is 23.1 Å². The fourth-order valence-electron chi connectivity index (χ4n) is 1.54. The summed E-state index contributed by atoms with van der Waals surface area (Å²) >= 11 is 0. The molecular formula is C13H17F3N2O2. The number of carbonyl (C=O) groups is 1. The predicted octanol–water partition coefficient (Wildman–Crippen LogP) is 3.20. The van der Waals surface area contributed by atoms with Crippen molar-refractivity contribution in [3.05, 3.63) is 29.8 Å². The first-order valence-corrected chi connectivity index (χ1v) is 6.17. The Labute approximate surface area is 115 Å². The number of aliphatic hydroxyl groups is 1. The van der Waals surface area contributed by atoms with E-state index in [1.807, 2.05) is 0 Å². The number of nitrogens with one attached hydrogen (secondary N) is 2. The molecule has 0 aliphatic carbocycles. The summed E-state index contributed by atoms with van der Waals surface area (Å²) in [6.07, 6.45) is -5.95. The van der Waals surface area contributed by atoms with Gasteiger partial charge in [-0.25, -0.2) is 4.79 Å². The van der Waals surface area contributed by atoms with Crippen LogP contribution in [0.1, 0.15) is 31.4 Å². The van der Waals surface area contributed by atoms with E-state index in [-0.39, 0.29) is 13.0 Å². The van der Waals surface area contributed by atoms with Crippen LogP contribution < -0.4 is 10.6 Å². The van der Waals surface area contributed by atoms with E-state index < -0.39 is 24.7 Å². The Hall–Kier alpha value is -1.76. The lowest BCUT2D eigenvalue weighted by Gasteiger charge is -2.10. The molecule has 0 aliphatic rings. The quantitative estimate of drug-likeness (QED) is 0.729. The monoisotopic (exact) mass is 290 g/mol. The zero-order valence-corrected chi connectivity index (χ0v) is 11.0. The molecule has 3 N–H and O–H groups in total. The lowest BCUT2D eigenvalue weighted by molar-refractivity contribution is -0.135. The van der Waals surface area contributed by atoms with Crippen molar-refractivity contribution in [1.82, 2.24) is 5.32 Å². The van der Waals surface area contributed by atoms with Crippen molar-refractivity contribution in [3.8, 4) is 0 Å². The summed E-state index contributed by atoms with van der Waals surface area (Å²) in [5.74, 6) is 0. The molecule has 0 spiro atoms. The van der Waals surface area contributed by atoms with Gasteiger partial charge in [0.05, 0.1) is 6.10 Å². The molecule has 112 valence electrons. The number of aliphatic hydroxyl groups excluding tert-OH is 1. The molecule has 0 aromatic heterocycles. The molecule has 1 atom stereocenters. The average molecular weight is 290 g/mol. The molecule has 1 rings (SSSR count). The summed E-state index contributed by atoms with van der Waals surface area (Å²) in [5.41, 5.74) is 1.11. The normalized spacial score (nSPS) is 12.8. The van der Waals surface area contributed by atoms with Crippen LogP contribution in [0, 0.1) is 0 Å². The third-order valence-electron chi connectivity index (χ3n) is 2.55. The first-order valence-electron chi connectivity index (χ1n) is 6.17. The van der Waals surface area contributed by atoms with E-state index in [9.17, 15) is 23.1 Å². The standard InChI is InChI=1S/C13H17F3N2O2/c1-9(19)10-4-2-5-11(8-10)18-12(20)17-7-3-6-13(14,15)16/h2,4-5,8-9,19H,3,6-7H2,1H3,(H2,17,18,20). The lowest BCUT2D eigenvalue weighted by Crippen LogP contribution is -2.30. The number of hydrogen-bond acceptors (Lipinski definition) is 2. The van der Waals surface area contributed by atoms with E-state index in [2.05, 4.69) is 10.6 Å². The third-order valence-corrected chi connectivity index (χ3v) is 2.55. The maximum Gasteiger partial charge on any atom is 0.389 e. The molecule has 7 heteroatoms. The van der Waals surface area contributed by atoms with Crippen LogP contribution in [0.5, 0.6) is 0 Å². The summed E-state index contributed by atoms with van der Waals surface area (Å²) in [7, 11) is 0. The molecule has 0 radical (unpaired) electrons. The number of anilines is 1. The second-order valence-electron chi connectivity index (χ2n) is 4.40. The highest BCUT2D eigenvalue weighted by Crippen LogP contribution is 2.20. The van der Waals surface area contributed by atoms with Gasteiger partial charge in [-0.3, -0.25) is 0 Å². The highest BCUT2D eigenvalue weighted by Gasteiger charge is 2.25. The molecule has 1 aromatic rings. The second kappa shape index (κ2) is 7.14. The van der Waals surface area contributed by atoms with E-state index in [4.69, 9.17) is 0 Å². The van der Waals surface area contributed by atoms with Gasteiger partial charge in [-0.2, -0.15) is 13.2 Å². The fourth-order valence-corrected chi connectivity index (χ4v) is 1.54. The van der Waals surface area contributed by atoms with E-state index in [0.29, 0.717) is 11.3 Å². The first-order chi connectivity index (χ1) is 9.28. The minimum absolute atomic E-state index is 0.0541. The van der Waals surface area contributed by atoms with Crippen LogP contribution in [0.2, 0.25) is 0 Å². The third kappa shape index (κ3) is 6.42. The van der Waals surface area contributed by atoms with Crippen LogP contribution in [0.4, 0.5) is 23.7 Å². The van der Waals surface area contributed by atoms with Crippen molar-refractivity contribution in [2.75, 3.05) is 11.9 Å². The van der Waals surface area contributed by atoms with Crippen LogP contribution >= 0.6 is 0 Å². The molecule has 0 bridgehead atoms. The zero-order valence-electron chi connectivity index (χ0n) is 11.0. The SMILES string of the molecule is CC(O)c1cccc(NC(=O)NCCCC(F)(F)F)c1. The number of carbonyl (C=O) groups excluding carboxylic acids is 1. The van der Waals surface area contributed by atoms with E-state index in [1.165, 1.54) is 0 Å². The maximum atomic E-state index is 11.9. The Morgan fingerprint density at radius 3 is 2.70 bits per heavy atom. The number of benzene rings is 1. The van der Waals surface area contributed by atoms with E-state index in [1.54, 1.807) is 31.2 Å². The molecule has 2 amide bonds. The van der Waals surface area contributed by atoms with E-state index in [0.717, 1.165) is 0 Å². The first kappa shape index (κ1) is 16.3. The lowest BCUT2D eigenvalue weighted by atomic mass is 10.1. The molecule has 1 aromatic carbocycles. The Kier molecular flexibility index (Phi) is 5.82. The van der Waals surface area contributed by atoms with Gasteiger partial charge in [0.1, 0.15) is 0 Å². The van der Waals surface area contributed by atoms with Gasteiger partial charge in [0, 0.05) is 18.7 Å². The van der Waals surface area contributed by atoms with Crippen LogP contribution in [-0.2, 0) is 0 Å². The Morgan fingerprint density at radius 2 is 2.10 bits per heavy atom. The molecular weight excluding hydrogens is 273 g/mol.